The molecule has 0 saturated heterocycles. The van der Waals surface area contributed by atoms with Gasteiger partial charge in [-0.1, -0.05) is 0 Å². The average Bonchev–Trinajstić information content (AvgIpc) is 2.95. The number of anilines is 1. The summed E-state index contributed by atoms with van der Waals surface area (Å²) in [5.41, 5.74) is 3.10. The minimum atomic E-state index is 0.703. The fraction of sp³-hybridized carbons (Fsp3) is 0.167. The summed E-state index contributed by atoms with van der Waals surface area (Å²) in [5, 5.41) is 7.50. The SMILES string of the molecule is Cc1cc(NCc2ccoc2)n2ncnc2c1. The zero-order chi connectivity index (χ0) is 11.7. The Labute approximate surface area is 98.1 Å². The maximum atomic E-state index is 5.02. The van der Waals surface area contributed by atoms with E-state index >= 15 is 0 Å². The van der Waals surface area contributed by atoms with Crippen LogP contribution in [0.2, 0.25) is 0 Å². The molecular weight excluding hydrogens is 216 g/mol. The van der Waals surface area contributed by atoms with Gasteiger partial charge in [-0.3, -0.25) is 0 Å². The maximum Gasteiger partial charge on any atom is 0.157 e. The molecule has 5 nitrogen and oxygen atoms in total. The molecule has 0 aromatic carbocycles. The third kappa shape index (κ3) is 1.87. The van der Waals surface area contributed by atoms with Gasteiger partial charge in [0.1, 0.15) is 12.1 Å². The molecule has 1 N–H and O–H groups in total. The quantitative estimate of drug-likeness (QED) is 0.747. The first-order chi connectivity index (χ1) is 8.33. The standard InChI is InChI=1S/C12H12N4O/c1-9-4-11(13-6-10-2-3-17-7-10)16-12(5-9)14-8-15-16/h2-5,7-8,13H,6H2,1H3. The Hall–Kier alpha value is -2.30. The van der Waals surface area contributed by atoms with Crippen LogP contribution in [0, 0.1) is 6.92 Å². The molecule has 0 fully saturated rings. The van der Waals surface area contributed by atoms with Crippen LogP contribution in [0.15, 0.2) is 41.5 Å². The van der Waals surface area contributed by atoms with E-state index in [1.807, 2.05) is 25.1 Å². The second-order valence-corrected chi connectivity index (χ2v) is 3.93. The van der Waals surface area contributed by atoms with Crippen LogP contribution in [-0.2, 0) is 6.54 Å². The van der Waals surface area contributed by atoms with Crippen molar-refractivity contribution < 1.29 is 4.42 Å². The molecule has 17 heavy (non-hydrogen) atoms. The van der Waals surface area contributed by atoms with E-state index in [2.05, 4.69) is 15.4 Å². The molecule has 0 aliphatic heterocycles. The van der Waals surface area contributed by atoms with Crippen molar-refractivity contribution in [2.24, 2.45) is 0 Å². The van der Waals surface area contributed by atoms with Crippen molar-refractivity contribution in [3.63, 3.8) is 0 Å². The van der Waals surface area contributed by atoms with Gasteiger partial charge in [0.25, 0.3) is 0 Å². The number of nitrogens with one attached hydrogen (secondary N) is 1. The van der Waals surface area contributed by atoms with E-state index in [1.54, 1.807) is 23.4 Å². The highest BCUT2D eigenvalue weighted by Crippen LogP contribution is 2.14. The third-order valence-electron chi connectivity index (χ3n) is 2.58. The van der Waals surface area contributed by atoms with E-state index in [0.29, 0.717) is 6.54 Å². The van der Waals surface area contributed by atoms with Crippen LogP contribution in [0.25, 0.3) is 5.65 Å². The topological polar surface area (TPSA) is 55.4 Å². The zero-order valence-corrected chi connectivity index (χ0v) is 9.42. The molecule has 3 aromatic heterocycles. The van der Waals surface area contributed by atoms with Gasteiger partial charge in [0.15, 0.2) is 5.65 Å². The molecule has 0 saturated carbocycles. The normalized spacial score (nSPS) is 10.9. The first-order valence-electron chi connectivity index (χ1n) is 5.38. The number of fused-ring (bicyclic) bond motifs is 1. The predicted molar refractivity (Wildman–Crippen MR) is 63.8 cm³/mol. The molecule has 5 heteroatoms. The molecule has 0 radical (unpaired) electrons. The molecule has 3 heterocycles. The van der Waals surface area contributed by atoms with Crippen LogP contribution in [-0.4, -0.2) is 14.6 Å². The molecule has 0 aliphatic carbocycles. The molecule has 3 aromatic rings. The summed E-state index contributed by atoms with van der Waals surface area (Å²) < 4.78 is 6.81. The Morgan fingerprint density at radius 2 is 2.35 bits per heavy atom. The molecule has 0 atom stereocenters. The summed E-state index contributed by atoms with van der Waals surface area (Å²) in [6.07, 6.45) is 4.94. The van der Waals surface area contributed by atoms with Crippen molar-refractivity contribution in [3.05, 3.63) is 48.2 Å². The summed E-state index contributed by atoms with van der Waals surface area (Å²) in [4.78, 5) is 4.18. The van der Waals surface area contributed by atoms with E-state index in [9.17, 15) is 0 Å². The lowest BCUT2D eigenvalue weighted by Crippen LogP contribution is -2.04. The van der Waals surface area contributed by atoms with Gasteiger partial charge in [-0.25, -0.2) is 4.98 Å². The maximum absolute atomic E-state index is 5.02. The lowest BCUT2D eigenvalue weighted by Gasteiger charge is -2.07. The molecular formula is C12H12N4O. The number of aryl methyl sites for hydroxylation is 1. The van der Waals surface area contributed by atoms with Gasteiger partial charge in [0.2, 0.25) is 0 Å². The Bertz CT molecular complexity index is 627. The van der Waals surface area contributed by atoms with Crippen molar-refractivity contribution in [1.82, 2.24) is 14.6 Å². The van der Waals surface area contributed by atoms with Gasteiger partial charge in [0, 0.05) is 12.1 Å². The zero-order valence-electron chi connectivity index (χ0n) is 9.42. The minimum absolute atomic E-state index is 0.703. The Morgan fingerprint density at radius 1 is 1.41 bits per heavy atom. The Morgan fingerprint density at radius 3 is 3.18 bits per heavy atom. The van der Waals surface area contributed by atoms with E-state index in [-0.39, 0.29) is 0 Å². The fourth-order valence-corrected chi connectivity index (χ4v) is 1.77. The molecule has 0 aliphatic rings. The summed E-state index contributed by atoms with van der Waals surface area (Å²) in [6, 6.07) is 5.97. The minimum Gasteiger partial charge on any atom is -0.472 e. The first kappa shape index (κ1) is 9.89. The predicted octanol–water partition coefficient (Wildman–Crippen LogP) is 2.24. The van der Waals surface area contributed by atoms with Crippen molar-refractivity contribution in [3.8, 4) is 0 Å². The van der Waals surface area contributed by atoms with Crippen LogP contribution in [0.1, 0.15) is 11.1 Å². The van der Waals surface area contributed by atoms with Crippen molar-refractivity contribution in [2.75, 3.05) is 5.32 Å². The summed E-state index contributed by atoms with van der Waals surface area (Å²) >= 11 is 0. The molecule has 86 valence electrons. The van der Waals surface area contributed by atoms with Gasteiger partial charge in [-0.05, 0) is 30.7 Å². The highest BCUT2D eigenvalue weighted by molar-refractivity contribution is 5.51. The van der Waals surface area contributed by atoms with Crippen LogP contribution in [0.4, 0.5) is 5.82 Å². The van der Waals surface area contributed by atoms with Crippen LogP contribution >= 0.6 is 0 Å². The lowest BCUT2D eigenvalue weighted by atomic mass is 10.3. The first-order valence-corrected chi connectivity index (χ1v) is 5.38. The summed E-state index contributed by atoms with van der Waals surface area (Å²) in [7, 11) is 0. The Kier molecular flexibility index (Phi) is 2.29. The highest BCUT2D eigenvalue weighted by Gasteiger charge is 2.03. The monoisotopic (exact) mass is 228 g/mol. The number of hydrogen-bond acceptors (Lipinski definition) is 4. The van der Waals surface area contributed by atoms with E-state index in [4.69, 9.17) is 4.42 Å². The number of hydrogen-bond donors (Lipinski definition) is 1. The molecule has 0 unspecified atom stereocenters. The van der Waals surface area contributed by atoms with E-state index in [0.717, 1.165) is 22.6 Å². The van der Waals surface area contributed by atoms with Crippen LogP contribution in [0.3, 0.4) is 0 Å². The second kappa shape index (κ2) is 3.93. The summed E-state index contributed by atoms with van der Waals surface area (Å²) in [5.74, 6) is 0.929. The van der Waals surface area contributed by atoms with Gasteiger partial charge < -0.3 is 9.73 Å². The van der Waals surface area contributed by atoms with E-state index in [1.165, 1.54) is 0 Å². The second-order valence-electron chi connectivity index (χ2n) is 3.93. The number of aromatic nitrogens is 3. The number of furan rings is 1. The average molecular weight is 228 g/mol. The third-order valence-corrected chi connectivity index (χ3v) is 2.58. The lowest BCUT2D eigenvalue weighted by molar-refractivity contribution is 0.564. The molecule has 0 spiro atoms. The molecule has 3 rings (SSSR count). The van der Waals surface area contributed by atoms with Crippen molar-refractivity contribution in [1.29, 1.82) is 0 Å². The number of nitrogens with zero attached hydrogens (tertiary/aromatic N) is 3. The molecule has 0 amide bonds. The van der Waals surface area contributed by atoms with Gasteiger partial charge >= 0.3 is 0 Å². The van der Waals surface area contributed by atoms with Crippen molar-refractivity contribution >= 4 is 11.5 Å². The highest BCUT2D eigenvalue weighted by atomic mass is 16.3. The summed E-state index contributed by atoms with van der Waals surface area (Å²) in [6.45, 7) is 2.74. The molecule has 0 bridgehead atoms. The van der Waals surface area contributed by atoms with Gasteiger partial charge in [-0.2, -0.15) is 9.61 Å². The van der Waals surface area contributed by atoms with Gasteiger partial charge in [-0.15, -0.1) is 0 Å². The largest absolute Gasteiger partial charge is 0.472 e. The van der Waals surface area contributed by atoms with Gasteiger partial charge in [0.05, 0.1) is 12.5 Å². The number of rotatable bonds is 3. The fourth-order valence-electron chi connectivity index (χ4n) is 1.77. The van der Waals surface area contributed by atoms with Crippen LogP contribution in [0.5, 0.6) is 0 Å². The smallest absolute Gasteiger partial charge is 0.157 e. The van der Waals surface area contributed by atoms with Crippen molar-refractivity contribution in [2.45, 2.75) is 13.5 Å². The number of pyridine rings is 1. The van der Waals surface area contributed by atoms with E-state index < -0.39 is 0 Å². The van der Waals surface area contributed by atoms with Crippen LogP contribution < -0.4 is 5.32 Å². The Balaban J connectivity index is 1.91.